The molecule has 1 aromatic carbocycles. The Hall–Kier alpha value is -2.47. The summed E-state index contributed by atoms with van der Waals surface area (Å²) in [4.78, 5) is 36.4. The van der Waals surface area contributed by atoms with Crippen LogP contribution in [0.15, 0.2) is 47.8 Å². The van der Waals surface area contributed by atoms with Crippen molar-refractivity contribution in [1.82, 2.24) is 5.32 Å². The Morgan fingerprint density at radius 1 is 1.04 bits per heavy atom. The van der Waals surface area contributed by atoms with Crippen LogP contribution in [0.5, 0.6) is 0 Å². The number of ketones is 1. The third-order valence-corrected chi connectivity index (χ3v) is 4.60. The van der Waals surface area contributed by atoms with Gasteiger partial charge in [-0.3, -0.25) is 14.4 Å². The second-order valence-corrected chi connectivity index (χ2v) is 6.62. The van der Waals surface area contributed by atoms with Gasteiger partial charge in [0.05, 0.1) is 17.3 Å². The quantitative estimate of drug-likeness (QED) is 0.578. The number of Topliss-reactive ketones (excluding diaryl/α,β-unsaturated/α-hetero) is 1. The molecule has 25 heavy (non-hydrogen) atoms. The third-order valence-electron chi connectivity index (χ3n) is 3.69. The minimum atomic E-state index is -0.907. The molecule has 0 radical (unpaired) electrons. The maximum absolute atomic E-state index is 12.1. The Morgan fingerprint density at radius 3 is 2.40 bits per heavy atom. The average Bonchev–Trinajstić information content (AvgIpc) is 3.15. The van der Waals surface area contributed by atoms with Crippen LogP contribution in [0, 0.1) is 0 Å². The summed E-state index contributed by atoms with van der Waals surface area (Å²) in [5.41, 5.74) is 0.968. The van der Waals surface area contributed by atoms with E-state index in [1.807, 2.05) is 42.6 Å². The van der Waals surface area contributed by atoms with E-state index >= 15 is 0 Å². The lowest BCUT2D eigenvalue weighted by molar-refractivity contribution is -0.155. The highest BCUT2D eigenvalue weighted by Gasteiger charge is 2.20. The molecule has 0 bridgehead atoms. The molecule has 5 nitrogen and oxygen atoms in total. The van der Waals surface area contributed by atoms with Crippen molar-refractivity contribution in [3.8, 4) is 0 Å². The van der Waals surface area contributed by atoms with E-state index in [1.165, 1.54) is 18.3 Å². The molecule has 6 heteroatoms. The molecule has 1 amide bonds. The molecule has 0 aliphatic carbocycles. The van der Waals surface area contributed by atoms with Gasteiger partial charge in [0, 0.05) is 6.42 Å². The lowest BCUT2D eigenvalue weighted by atomic mass is 10.1. The van der Waals surface area contributed by atoms with Crippen molar-refractivity contribution in [2.24, 2.45) is 0 Å². The van der Waals surface area contributed by atoms with Gasteiger partial charge in [-0.1, -0.05) is 36.4 Å². The Labute approximate surface area is 151 Å². The van der Waals surface area contributed by atoms with E-state index in [2.05, 4.69) is 5.32 Å². The van der Waals surface area contributed by atoms with Crippen molar-refractivity contribution >= 4 is 29.0 Å². The SMILES string of the molecule is CC(OC(=O)CCC(=O)c1cccs1)C(=O)NC(C)c1ccccc1. The van der Waals surface area contributed by atoms with Gasteiger partial charge >= 0.3 is 5.97 Å². The fourth-order valence-electron chi connectivity index (χ4n) is 2.24. The molecule has 2 aromatic rings. The highest BCUT2D eigenvalue weighted by Crippen LogP contribution is 2.14. The average molecular weight is 359 g/mol. The van der Waals surface area contributed by atoms with E-state index in [9.17, 15) is 14.4 Å². The number of amides is 1. The zero-order valence-corrected chi connectivity index (χ0v) is 15.0. The molecule has 0 aliphatic heterocycles. The third kappa shape index (κ3) is 5.83. The molecule has 2 unspecified atom stereocenters. The van der Waals surface area contributed by atoms with Crippen LogP contribution >= 0.6 is 11.3 Å². The van der Waals surface area contributed by atoms with Gasteiger partial charge < -0.3 is 10.1 Å². The predicted molar refractivity (Wildman–Crippen MR) is 96.4 cm³/mol. The highest BCUT2D eigenvalue weighted by atomic mass is 32.1. The van der Waals surface area contributed by atoms with E-state index in [0.717, 1.165) is 5.56 Å². The number of rotatable bonds is 8. The number of hydrogen-bond acceptors (Lipinski definition) is 5. The number of ether oxygens (including phenoxy) is 1. The van der Waals surface area contributed by atoms with Crippen LogP contribution in [0.2, 0.25) is 0 Å². The zero-order valence-electron chi connectivity index (χ0n) is 14.2. The molecule has 0 saturated carbocycles. The van der Waals surface area contributed by atoms with Crippen molar-refractivity contribution in [2.75, 3.05) is 0 Å². The number of carbonyl (C=O) groups excluding carboxylic acids is 3. The Kier molecular flexibility index (Phi) is 6.89. The van der Waals surface area contributed by atoms with E-state index < -0.39 is 12.1 Å². The minimum absolute atomic E-state index is 0.0391. The molecule has 0 spiro atoms. The van der Waals surface area contributed by atoms with Crippen LogP contribution in [0.25, 0.3) is 0 Å². The molecule has 0 aliphatic rings. The maximum atomic E-state index is 12.1. The second kappa shape index (κ2) is 9.13. The van der Waals surface area contributed by atoms with Crippen molar-refractivity contribution in [2.45, 2.75) is 38.8 Å². The highest BCUT2D eigenvalue weighted by molar-refractivity contribution is 7.12. The van der Waals surface area contributed by atoms with Crippen molar-refractivity contribution < 1.29 is 19.1 Å². The number of hydrogen-bond donors (Lipinski definition) is 1. The van der Waals surface area contributed by atoms with Crippen LogP contribution in [0.4, 0.5) is 0 Å². The van der Waals surface area contributed by atoms with Crippen LogP contribution < -0.4 is 5.32 Å². The van der Waals surface area contributed by atoms with Crippen molar-refractivity contribution in [3.05, 3.63) is 58.3 Å². The molecule has 2 atom stereocenters. The molecule has 0 fully saturated rings. The normalized spacial score (nSPS) is 12.9. The summed E-state index contributed by atoms with van der Waals surface area (Å²) in [5, 5.41) is 4.62. The molecule has 2 rings (SSSR count). The smallest absolute Gasteiger partial charge is 0.307 e. The van der Waals surface area contributed by atoms with Crippen LogP contribution in [-0.4, -0.2) is 23.8 Å². The lowest BCUT2D eigenvalue weighted by Crippen LogP contribution is -2.37. The van der Waals surface area contributed by atoms with Crippen LogP contribution in [0.3, 0.4) is 0 Å². The fourth-order valence-corrected chi connectivity index (χ4v) is 2.94. The summed E-state index contributed by atoms with van der Waals surface area (Å²) in [6.45, 7) is 3.38. The predicted octanol–water partition coefficient (Wildman–Crippen LogP) is 3.52. The van der Waals surface area contributed by atoms with Crippen LogP contribution in [-0.2, 0) is 14.3 Å². The van der Waals surface area contributed by atoms with Gasteiger partial charge in [-0.15, -0.1) is 11.3 Å². The Morgan fingerprint density at radius 2 is 1.76 bits per heavy atom. The van der Waals surface area contributed by atoms with Gasteiger partial charge in [-0.05, 0) is 30.9 Å². The van der Waals surface area contributed by atoms with Crippen LogP contribution in [0.1, 0.15) is 48.0 Å². The first-order chi connectivity index (χ1) is 12.0. The van der Waals surface area contributed by atoms with Gasteiger partial charge in [0.1, 0.15) is 0 Å². The molecule has 1 aromatic heterocycles. The van der Waals surface area contributed by atoms with Gasteiger partial charge in [0.25, 0.3) is 5.91 Å². The molecular formula is C19H21NO4S. The molecule has 132 valence electrons. The number of nitrogens with one attached hydrogen (secondary N) is 1. The Bertz CT molecular complexity index is 712. The summed E-state index contributed by atoms with van der Waals surface area (Å²) in [5.74, 6) is -1.02. The maximum Gasteiger partial charge on any atom is 0.307 e. The zero-order chi connectivity index (χ0) is 18.2. The minimum Gasteiger partial charge on any atom is -0.453 e. The van der Waals surface area contributed by atoms with E-state index in [1.54, 1.807) is 12.1 Å². The van der Waals surface area contributed by atoms with Gasteiger partial charge in [0.2, 0.25) is 0 Å². The number of benzene rings is 1. The monoisotopic (exact) mass is 359 g/mol. The standard InChI is InChI=1S/C19H21NO4S/c1-13(15-7-4-3-5-8-15)20-19(23)14(2)24-18(22)11-10-16(21)17-9-6-12-25-17/h3-9,12-14H,10-11H2,1-2H3,(H,20,23). The molecule has 1 N–H and O–H groups in total. The van der Waals surface area contributed by atoms with E-state index in [-0.39, 0.29) is 30.6 Å². The molecular weight excluding hydrogens is 338 g/mol. The molecule has 0 saturated heterocycles. The first kappa shape index (κ1) is 18.9. The first-order valence-corrected chi connectivity index (χ1v) is 8.97. The van der Waals surface area contributed by atoms with Crippen molar-refractivity contribution in [3.63, 3.8) is 0 Å². The topological polar surface area (TPSA) is 72.5 Å². The molecule has 1 heterocycles. The largest absolute Gasteiger partial charge is 0.453 e. The summed E-state index contributed by atoms with van der Waals surface area (Å²) >= 11 is 1.34. The summed E-state index contributed by atoms with van der Waals surface area (Å²) in [6, 6.07) is 12.8. The fraction of sp³-hybridized carbons (Fsp3) is 0.316. The summed E-state index contributed by atoms with van der Waals surface area (Å²) in [6.07, 6.45) is -0.869. The second-order valence-electron chi connectivity index (χ2n) is 5.67. The van der Waals surface area contributed by atoms with Crippen molar-refractivity contribution in [1.29, 1.82) is 0 Å². The number of carbonyl (C=O) groups is 3. The van der Waals surface area contributed by atoms with E-state index in [4.69, 9.17) is 4.74 Å². The van der Waals surface area contributed by atoms with E-state index in [0.29, 0.717) is 4.88 Å². The van der Waals surface area contributed by atoms with Gasteiger partial charge in [-0.2, -0.15) is 0 Å². The summed E-state index contributed by atoms with van der Waals surface area (Å²) < 4.78 is 5.12. The lowest BCUT2D eigenvalue weighted by Gasteiger charge is -2.18. The van der Waals surface area contributed by atoms with Gasteiger partial charge in [-0.25, -0.2) is 0 Å². The number of thiophene rings is 1. The summed E-state index contributed by atoms with van der Waals surface area (Å²) in [7, 11) is 0. The number of esters is 1. The van der Waals surface area contributed by atoms with Gasteiger partial charge in [0.15, 0.2) is 11.9 Å². The Balaban J connectivity index is 1.76. The first-order valence-electron chi connectivity index (χ1n) is 8.09.